The van der Waals surface area contributed by atoms with Gasteiger partial charge < -0.3 is 20.1 Å². The van der Waals surface area contributed by atoms with Gasteiger partial charge in [-0.2, -0.15) is 0 Å². The fraction of sp³-hybridized carbons (Fsp3) is 0.588. The fourth-order valence-corrected chi connectivity index (χ4v) is 2.43. The summed E-state index contributed by atoms with van der Waals surface area (Å²) in [5.41, 5.74) is 1.97. The van der Waals surface area contributed by atoms with E-state index in [9.17, 15) is 4.79 Å². The summed E-state index contributed by atoms with van der Waals surface area (Å²) in [6.45, 7) is 5.71. The highest BCUT2D eigenvalue weighted by Gasteiger charge is 2.14. The number of anilines is 1. The van der Waals surface area contributed by atoms with Crippen molar-refractivity contribution < 1.29 is 14.3 Å². The number of para-hydroxylation sites is 1. The van der Waals surface area contributed by atoms with Crippen molar-refractivity contribution >= 4 is 24.0 Å². The summed E-state index contributed by atoms with van der Waals surface area (Å²) in [5.74, 6) is -0.00370. The van der Waals surface area contributed by atoms with Crippen molar-refractivity contribution in [1.29, 1.82) is 0 Å². The van der Waals surface area contributed by atoms with Gasteiger partial charge in [0.1, 0.15) is 0 Å². The Morgan fingerprint density at radius 1 is 1.30 bits per heavy atom. The van der Waals surface area contributed by atoms with Gasteiger partial charge >= 0.3 is 0 Å². The van der Waals surface area contributed by atoms with E-state index in [0.29, 0.717) is 13.0 Å². The zero-order valence-corrected chi connectivity index (χ0v) is 14.5. The highest BCUT2D eigenvalue weighted by atomic mass is 35.5. The molecule has 0 saturated carbocycles. The van der Waals surface area contributed by atoms with Crippen molar-refractivity contribution in [1.82, 2.24) is 5.32 Å². The second-order valence-corrected chi connectivity index (χ2v) is 5.42. The molecule has 1 aliphatic heterocycles. The molecule has 1 aliphatic rings. The number of benzene rings is 1. The zero-order valence-electron chi connectivity index (χ0n) is 13.7. The fourth-order valence-electron chi connectivity index (χ4n) is 2.43. The highest BCUT2D eigenvalue weighted by Crippen LogP contribution is 2.15. The number of halogens is 1. The van der Waals surface area contributed by atoms with Crippen molar-refractivity contribution in [3.05, 3.63) is 29.8 Å². The van der Waals surface area contributed by atoms with Crippen LogP contribution >= 0.6 is 12.4 Å². The summed E-state index contributed by atoms with van der Waals surface area (Å²) in [5, 5.41) is 6.25. The van der Waals surface area contributed by atoms with E-state index in [4.69, 9.17) is 9.47 Å². The molecule has 0 aromatic heterocycles. The first-order chi connectivity index (χ1) is 10.8. The van der Waals surface area contributed by atoms with Gasteiger partial charge in [-0.3, -0.25) is 4.79 Å². The third kappa shape index (κ3) is 7.31. The van der Waals surface area contributed by atoms with Crippen molar-refractivity contribution in [2.75, 3.05) is 31.7 Å². The Kier molecular flexibility index (Phi) is 9.87. The third-order valence-corrected chi connectivity index (χ3v) is 3.71. The number of hydrogen-bond donors (Lipinski definition) is 2. The molecule has 23 heavy (non-hydrogen) atoms. The van der Waals surface area contributed by atoms with Crippen LogP contribution in [0.3, 0.4) is 0 Å². The number of nitrogens with one attached hydrogen (secondary N) is 2. The lowest BCUT2D eigenvalue weighted by Gasteiger charge is -2.22. The zero-order chi connectivity index (χ0) is 15.6. The molecule has 0 radical (unpaired) electrons. The van der Waals surface area contributed by atoms with Crippen LogP contribution in [-0.4, -0.2) is 38.4 Å². The summed E-state index contributed by atoms with van der Waals surface area (Å²) >= 11 is 0. The first kappa shape index (κ1) is 19.9. The molecule has 1 fully saturated rings. The molecule has 1 saturated heterocycles. The summed E-state index contributed by atoms with van der Waals surface area (Å²) in [4.78, 5) is 12.0. The second kappa shape index (κ2) is 11.4. The highest BCUT2D eigenvalue weighted by molar-refractivity contribution is 5.91. The van der Waals surface area contributed by atoms with Crippen LogP contribution in [0, 0.1) is 0 Å². The molecule has 0 unspecified atom stereocenters. The Labute approximate surface area is 144 Å². The molecule has 2 N–H and O–H groups in total. The normalized spacial score (nSPS) is 15.0. The van der Waals surface area contributed by atoms with E-state index in [0.717, 1.165) is 50.4 Å². The van der Waals surface area contributed by atoms with E-state index in [-0.39, 0.29) is 24.4 Å². The number of carbonyl (C=O) groups is 1. The molecule has 0 atom stereocenters. The molecule has 5 nitrogen and oxygen atoms in total. The minimum Gasteiger partial charge on any atom is -0.381 e. The number of hydrogen-bond acceptors (Lipinski definition) is 4. The van der Waals surface area contributed by atoms with Gasteiger partial charge in [-0.1, -0.05) is 25.1 Å². The van der Waals surface area contributed by atoms with E-state index >= 15 is 0 Å². The minimum absolute atomic E-state index is 0. The molecule has 1 amide bonds. The van der Waals surface area contributed by atoms with Crippen LogP contribution < -0.4 is 10.6 Å². The molecule has 1 aromatic carbocycles. The topological polar surface area (TPSA) is 59.6 Å². The number of ether oxygens (including phenoxy) is 2. The van der Waals surface area contributed by atoms with Crippen LogP contribution in [0.25, 0.3) is 0 Å². The molecular formula is C17H27ClN2O3. The Morgan fingerprint density at radius 3 is 2.78 bits per heavy atom. The molecule has 130 valence electrons. The number of rotatable bonds is 8. The largest absolute Gasteiger partial charge is 0.381 e. The van der Waals surface area contributed by atoms with Crippen molar-refractivity contribution in [2.45, 2.75) is 38.8 Å². The molecular weight excluding hydrogens is 316 g/mol. The second-order valence-electron chi connectivity index (χ2n) is 5.42. The lowest BCUT2D eigenvalue weighted by atomic mass is 10.1. The summed E-state index contributed by atoms with van der Waals surface area (Å²) in [7, 11) is 0. The Bertz CT molecular complexity index is 465. The van der Waals surface area contributed by atoms with Gasteiger partial charge in [0.25, 0.3) is 0 Å². The van der Waals surface area contributed by atoms with E-state index < -0.39 is 0 Å². The van der Waals surface area contributed by atoms with Gasteiger partial charge in [-0.05, 0) is 31.0 Å². The predicted molar refractivity (Wildman–Crippen MR) is 94.1 cm³/mol. The molecule has 0 spiro atoms. The maximum Gasteiger partial charge on any atom is 0.226 e. The van der Waals surface area contributed by atoms with Gasteiger partial charge in [0.05, 0.1) is 19.1 Å². The quantitative estimate of drug-likeness (QED) is 0.762. The van der Waals surface area contributed by atoms with Gasteiger partial charge in [0.2, 0.25) is 5.91 Å². The standard InChI is InChI=1S/C17H26N2O3.ClH/c1-2-18-13-14-5-3-4-6-16(14)19-17(20)9-12-22-15-7-10-21-11-8-15;/h3-6,15,18H,2,7-13H2,1H3,(H,19,20);1H. The van der Waals surface area contributed by atoms with Gasteiger partial charge in [0, 0.05) is 25.4 Å². The summed E-state index contributed by atoms with van der Waals surface area (Å²) in [6, 6.07) is 7.88. The lowest BCUT2D eigenvalue weighted by Crippen LogP contribution is -2.25. The molecule has 0 bridgehead atoms. The molecule has 2 rings (SSSR count). The van der Waals surface area contributed by atoms with E-state index in [1.54, 1.807) is 0 Å². The van der Waals surface area contributed by atoms with Crippen LogP contribution in [-0.2, 0) is 20.8 Å². The maximum absolute atomic E-state index is 12.0. The van der Waals surface area contributed by atoms with Crippen LogP contribution in [0.5, 0.6) is 0 Å². The molecule has 0 aliphatic carbocycles. The number of carbonyl (C=O) groups excluding carboxylic acids is 1. The van der Waals surface area contributed by atoms with Crippen LogP contribution in [0.4, 0.5) is 5.69 Å². The lowest BCUT2D eigenvalue weighted by molar-refractivity contribution is -0.118. The predicted octanol–water partition coefficient (Wildman–Crippen LogP) is 2.74. The summed E-state index contributed by atoms with van der Waals surface area (Å²) in [6.07, 6.45) is 2.47. The van der Waals surface area contributed by atoms with Gasteiger partial charge in [0.15, 0.2) is 0 Å². The average Bonchev–Trinajstić information content (AvgIpc) is 2.55. The maximum atomic E-state index is 12.0. The minimum atomic E-state index is -0.00370. The monoisotopic (exact) mass is 342 g/mol. The Hall–Kier alpha value is -1.14. The van der Waals surface area contributed by atoms with E-state index in [1.165, 1.54) is 0 Å². The third-order valence-electron chi connectivity index (χ3n) is 3.71. The van der Waals surface area contributed by atoms with Crippen molar-refractivity contribution in [3.8, 4) is 0 Å². The van der Waals surface area contributed by atoms with Crippen LogP contribution in [0.2, 0.25) is 0 Å². The van der Waals surface area contributed by atoms with E-state index in [1.807, 2.05) is 24.3 Å². The SMILES string of the molecule is CCNCc1ccccc1NC(=O)CCOC1CCOCC1.Cl. The first-order valence-corrected chi connectivity index (χ1v) is 8.07. The molecule has 1 aromatic rings. The van der Waals surface area contributed by atoms with Crippen molar-refractivity contribution in [3.63, 3.8) is 0 Å². The molecule has 6 heteroatoms. The van der Waals surface area contributed by atoms with Crippen molar-refractivity contribution in [2.24, 2.45) is 0 Å². The Balaban J connectivity index is 0.00000264. The van der Waals surface area contributed by atoms with Gasteiger partial charge in [-0.15, -0.1) is 12.4 Å². The summed E-state index contributed by atoms with van der Waals surface area (Å²) < 4.78 is 11.0. The number of amides is 1. The molecule has 1 heterocycles. The van der Waals surface area contributed by atoms with Gasteiger partial charge in [-0.25, -0.2) is 0 Å². The average molecular weight is 343 g/mol. The smallest absolute Gasteiger partial charge is 0.226 e. The van der Waals surface area contributed by atoms with Crippen LogP contribution in [0.15, 0.2) is 24.3 Å². The Morgan fingerprint density at radius 2 is 2.04 bits per heavy atom. The van der Waals surface area contributed by atoms with E-state index in [2.05, 4.69) is 17.6 Å². The first-order valence-electron chi connectivity index (χ1n) is 8.07. The van der Waals surface area contributed by atoms with Crippen LogP contribution in [0.1, 0.15) is 31.7 Å².